The maximum Gasteiger partial charge on any atom is 0.254 e. The monoisotopic (exact) mass is 543 g/mol. The number of hydrogen-bond donors (Lipinski definition) is 1. The highest BCUT2D eigenvalue weighted by Gasteiger charge is 2.24. The molecule has 0 bridgehead atoms. The van der Waals surface area contributed by atoms with E-state index in [9.17, 15) is 4.79 Å². The first kappa shape index (κ1) is 27.7. The standard InChI is InChI=1S/C31H41N7O2/c1-6-40-29-19-23(31(39)38-17-15-37(16-18-38)14-13-34(2)3)11-12-25(29)33-30-20-27-28(21-32-30)35(4)22-24-9-7-8-10-26(24)36(27)5/h7-12,19-21H,6,13-18,22H2,1-5H3,(H,32,33). The van der Waals surface area contributed by atoms with Gasteiger partial charge in [-0.1, -0.05) is 18.2 Å². The second-order valence-electron chi connectivity index (χ2n) is 10.8. The molecule has 0 aliphatic carbocycles. The van der Waals surface area contributed by atoms with Crippen LogP contribution in [-0.4, -0.2) is 99.7 Å². The van der Waals surface area contributed by atoms with Gasteiger partial charge in [-0.15, -0.1) is 0 Å². The smallest absolute Gasteiger partial charge is 0.254 e. The summed E-state index contributed by atoms with van der Waals surface area (Å²) in [6.45, 7) is 8.59. The van der Waals surface area contributed by atoms with Gasteiger partial charge >= 0.3 is 0 Å². The lowest BCUT2D eigenvalue weighted by Gasteiger charge is -2.35. The van der Waals surface area contributed by atoms with Crippen LogP contribution in [0.4, 0.5) is 28.6 Å². The van der Waals surface area contributed by atoms with Crippen LogP contribution in [0.5, 0.6) is 5.75 Å². The molecule has 1 N–H and O–H groups in total. The van der Waals surface area contributed by atoms with Crippen molar-refractivity contribution >= 4 is 34.5 Å². The van der Waals surface area contributed by atoms with Gasteiger partial charge < -0.3 is 29.7 Å². The third-order valence-corrected chi connectivity index (χ3v) is 7.71. The van der Waals surface area contributed by atoms with E-state index in [1.807, 2.05) is 36.2 Å². The average Bonchev–Trinajstić information content (AvgIpc) is 3.06. The van der Waals surface area contributed by atoms with Crippen molar-refractivity contribution in [3.8, 4) is 5.75 Å². The lowest BCUT2D eigenvalue weighted by Crippen LogP contribution is -2.49. The molecular formula is C31H41N7O2. The number of anilines is 5. The largest absolute Gasteiger partial charge is 0.492 e. The SMILES string of the molecule is CCOc1cc(C(=O)N2CCN(CCN(C)C)CC2)ccc1Nc1cc2c(cn1)N(C)Cc1ccccc1N2C. The van der Waals surface area contributed by atoms with Gasteiger partial charge in [0.05, 0.1) is 29.9 Å². The number of carbonyl (C=O) groups excluding carboxylic acids is 1. The molecule has 1 fully saturated rings. The van der Waals surface area contributed by atoms with Crippen molar-refractivity contribution in [1.29, 1.82) is 0 Å². The van der Waals surface area contributed by atoms with Crippen molar-refractivity contribution in [3.05, 3.63) is 65.9 Å². The first-order valence-electron chi connectivity index (χ1n) is 14.1. The minimum Gasteiger partial charge on any atom is -0.492 e. The number of rotatable bonds is 8. The number of amides is 1. The Labute approximate surface area is 237 Å². The van der Waals surface area contributed by atoms with Gasteiger partial charge in [0.25, 0.3) is 5.91 Å². The quantitative estimate of drug-likeness (QED) is 0.452. The summed E-state index contributed by atoms with van der Waals surface area (Å²) in [5.41, 5.74) is 6.01. The number of piperazine rings is 1. The molecule has 0 unspecified atom stereocenters. The fourth-order valence-corrected chi connectivity index (χ4v) is 5.38. The van der Waals surface area contributed by atoms with E-state index in [4.69, 9.17) is 9.72 Å². The molecule has 1 aromatic heterocycles. The summed E-state index contributed by atoms with van der Waals surface area (Å²) in [7, 11) is 8.37. The highest BCUT2D eigenvalue weighted by molar-refractivity contribution is 5.95. The van der Waals surface area contributed by atoms with Gasteiger partial charge in [0.1, 0.15) is 11.6 Å². The molecule has 0 spiro atoms. The number of carbonyl (C=O) groups is 1. The van der Waals surface area contributed by atoms with Gasteiger partial charge in [-0.25, -0.2) is 4.98 Å². The van der Waals surface area contributed by atoms with Gasteiger partial charge in [0, 0.05) is 77.2 Å². The maximum absolute atomic E-state index is 13.4. The number of ether oxygens (including phenoxy) is 1. The maximum atomic E-state index is 13.4. The number of nitrogens with zero attached hydrogens (tertiary/aromatic N) is 6. The van der Waals surface area contributed by atoms with E-state index in [1.165, 1.54) is 11.3 Å². The Morgan fingerprint density at radius 2 is 1.77 bits per heavy atom. The van der Waals surface area contributed by atoms with Crippen LogP contribution in [-0.2, 0) is 6.54 Å². The summed E-state index contributed by atoms with van der Waals surface area (Å²) < 4.78 is 5.98. The molecule has 2 aromatic carbocycles. The van der Waals surface area contributed by atoms with Gasteiger partial charge in [-0.2, -0.15) is 0 Å². The number of aromatic nitrogens is 1. The van der Waals surface area contributed by atoms with E-state index in [1.54, 1.807) is 0 Å². The van der Waals surface area contributed by atoms with E-state index in [0.29, 0.717) is 23.7 Å². The number of pyridine rings is 1. The Morgan fingerprint density at radius 1 is 1.00 bits per heavy atom. The highest BCUT2D eigenvalue weighted by atomic mass is 16.5. The van der Waals surface area contributed by atoms with Crippen molar-refractivity contribution in [2.75, 3.05) is 89.2 Å². The molecule has 2 aliphatic rings. The fraction of sp³-hybridized carbons (Fsp3) is 0.419. The molecule has 9 heteroatoms. The first-order valence-corrected chi connectivity index (χ1v) is 14.1. The molecule has 2 aliphatic heterocycles. The molecule has 0 saturated carbocycles. The van der Waals surface area contributed by atoms with E-state index < -0.39 is 0 Å². The predicted molar refractivity (Wildman–Crippen MR) is 163 cm³/mol. The van der Waals surface area contributed by atoms with Crippen LogP contribution in [0.3, 0.4) is 0 Å². The van der Waals surface area contributed by atoms with E-state index >= 15 is 0 Å². The van der Waals surface area contributed by atoms with Crippen LogP contribution >= 0.6 is 0 Å². The number of likely N-dealkylation sites (N-methyl/N-ethyl adjacent to an activating group) is 1. The number of benzene rings is 2. The van der Waals surface area contributed by atoms with E-state index in [-0.39, 0.29) is 5.91 Å². The molecule has 212 valence electrons. The Balaban J connectivity index is 1.33. The Kier molecular flexibility index (Phi) is 8.42. The van der Waals surface area contributed by atoms with Gasteiger partial charge in [-0.3, -0.25) is 9.69 Å². The van der Waals surface area contributed by atoms with Gasteiger partial charge in [-0.05, 0) is 50.8 Å². The van der Waals surface area contributed by atoms with E-state index in [2.05, 4.69) is 83.4 Å². The topological polar surface area (TPSA) is 67.4 Å². The fourth-order valence-electron chi connectivity index (χ4n) is 5.38. The molecule has 9 nitrogen and oxygen atoms in total. The minimum atomic E-state index is 0.0474. The summed E-state index contributed by atoms with van der Waals surface area (Å²) in [6.07, 6.45) is 1.91. The number of fused-ring (bicyclic) bond motifs is 2. The zero-order valence-electron chi connectivity index (χ0n) is 24.4. The summed E-state index contributed by atoms with van der Waals surface area (Å²) >= 11 is 0. The van der Waals surface area contributed by atoms with Crippen molar-refractivity contribution in [3.63, 3.8) is 0 Å². The van der Waals surface area contributed by atoms with Crippen molar-refractivity contribution in [2.45, 2.75) is 13.5 Å². The summed E-state index contributed by atoms with van der Waals surface area (Å²) in [5.74, 6) is 1.41. The van der Waals surface area contributed by atoms with Crippen LogP contribution in [0.1, 0.15) is 22.8 Å². The summed E-state index contributed by atoms with van der Waals surface area (Å²) in [5, 5.41) is 3.44. The number of para-hydroxylation sites is 1. The third-order valence-electron chi connectivity index (χ3n) is 7.71. The average molecular weight is 544 g/mol. The van der Waals surface area contributed by atoms with E-state index in [0.717, 1.165) is 62.9 Å². The molecular weight excluding hydrogens is 502 g/mol. The molecule has 40 heavy (non-hydrogen) atoms. The Bertz CT molecular complexity index is 1340. The summed E-state index contributed by atoms with van der Waals surface area (Å²) in [6, 6.07) is 16.2. The van der Waals surface area contributed by atoms with Crippen LogP contribution < -0.4 is 19.9 Å². The third kappa shape index (κ3) is 6.00. The molecule has 3 aromatic rings. The highest BCUT2D eigenvalue weighted by Crippen LogP contribution is 2.40. The van der Waals surface area contributed by atoms with Crippen molar-refractivity contribution in [2.24, 2.45) is 0 Å². The van der Waals surface area contributed by atoms with Crippen molar-refractivity contribution in [1.82, 2.24) is 19.7 Å². The van der Waals surface area contributed by atoms with Crippen molar-refractivity contribution < 1.29 is 9.53 Å². The molecule has 0 radical (unpaired) electrons. The summed E-state index contributed by atoms with van der Waals surface area (Å²) in [4.78, 5) is 29.1. The van der Waals surface area contributed by atoms with Crippen LogP contribution in [0, 0.1) is 0 Å². The zero-order valence-corrected chi connectivity index (χ0v) is 24.4. The lowest BCUT2D eigenvalue weighted by molar-refractivity contribution is 0.0629. The second kappa shape index (κ2) is 12.1. The zero-order chi connectivity index (χ0) is 28.2. The first-order chi connectivity index (χ1) is 19.3. The van der Waals surface area contributed by atoms with Gasteiger partial charge in [0.2, 0.25) is 0 Å². The number of hydrogen-bond acceptors (Lipinski definition) is 8. The molecule has 5 rings (SSSR count). The number of nitrogens with one attached hydrogen (secondary N) is 1. The van der Waals surface area contributed by atoms with Gasteiger partial charge in [0.15, 0.2) is 0 Å². The second-order valence-corrected chi connectivity index (χ2v) is 10.8. The van der Waals surface area contributed by atoms with Crippen LogP contribution in [0.15, 0.2) is 54.7 Å². The van der Waals surface area contributed by atoms with Crippen LogP contribution in [0.2, 0.25) is 0 Å². The normalized spacial score (nSPS) is 15.5. The molecule has 1 amide bonds. The lowest BCUT2D eigenvalue weighted by atomic mass is 10.1. The molecule has 3 heterocycles. The Morgan fingerprint density at radius 3 is 2.52 bits per heavy atom. The Hall–Kier alpha value is -3.82. The molecule has 0 atom stereocenters. The minimum absolute atomic E-state index is 0.0474. The molecule has 1 saturated heterocycles. The van der Waals surface area contributed by atoms with Crippen LogP contribution in [0.25, 0.3) is 0 Å². The predicted octanol–water partition coefficient (Wildman–Crippen LogP) is 4.26.